The number of carbonyl (C=O) groups is 1. The van der Waals surface area contributed by atoms with Gasteiger partial charge in [0.1, 0.15) is 5.75 Å². The van der Waals surface area contributed by atoms with Gasteiger partial charge in [0.15, 0.2) is 0 Å². The number of nitrogen functional groups attached to an aromatic ring is 1. The molecule has 0 unspecified atom stereocenters. The van der Waals surface area contributed by atoms with Crippen molar-refractivity contribution in [2.45, 2.75) is 0 Å². The summed E-state index contributed by atoms with van der Waals surface area (Å²) < 4.78 is 0. The van der Waals surface area contributed by atoms with Crippen LogP contribution in [0.3, 0.4) is 0 Å². The van der Waals surface area contributed by atoms with Gasteiger partial charge >= 0.3 is 0 Å². The minimum absolute atomic E-state index is 0.0307. The smallest absolute Gasteiger partial charge is 0.211 e. The lowest BCUT2D eigenvalue weighted by molar-refractivity contribution is -0.105. The maximum Gasteiger partial charge on any atom is 0.211 e. The van der Waals surface area contributed by atoms with Crippen LogP contribution in [0.15, 0.2) is 18.2 Å². The number of carbonyl (C=O) groups excluding carboxylic acids is 1. The molecule has 0 fully saturated rings. The lowest BCUT2D eigenvalue weighted by atomic mass is 10.2. The topological polar surface area (TPSA) is 75.3 Å². The molecule has 0 heterocycles. The van der Waals surface area contributed by atoms with E-state index >= 15 is 0 Å². The molecule has 4 N–H and O–H groups in total. The Bertz CT molecular complexity index is 273. The summed E-state index contributed by atoms with van der Waals surface area (Å²) in [7, 11) is 0. The first-order chi connectivity index (χ1) is 5.25. The van der Waals surface area contributed by atoms with Crippen molar-refractivity contribution in [3.05, 3.63) is 18.2 Å². The Morgan fingerprint density at radius 2 is 2.27 bits per heavy atom. The number of benzene rings is 1. The summed E-state index contributed by atoms with van der Waals surface area (Å²) in [6.07, 6.45) is 0.505. The first kappa shape index (κ1) is 7.40. The minimum atomic E-state index is -0.0307. The lowest BCUT2D eigenvalue weighted by Gasteiger charge is -2.03. The van der Waals surface area contributed by atoms with Gasteiger partial charge in [-0.2, -0.15) is 0 Å². The Labute approximate surface area is 63.6 Å². The van der Waals surface area contributed by atoms with E-state index in [4.69, 9.17) is 10.8 Å². The summed E-state index contributed by atoms with van der Waals surface area (Å²) in [6, 6.07) is 4.65. The number of anilines is 2. The average molecular weight is 152 g/mol. The van der Waals surface area contributed by atoms with Crippen molar-refractivity contribution in [2.24, 2.45) is 0 Å². The van der Waals surface area contributed by atoms with Crippen molar-refractivity contribution >= 4 is 17.8 Å². The van der Waals surface area contributed by atoms with E-state index < -0.39 is 0 Å². The normalized spacial score (nSPS) is 9.09. The number of nitrogens with two attached hydrogens (primary N) is 1. The Hall–Kier alpha value is -1.71. The number of para-hydroxylation sites is 1. The van der Waals surface area contributed by atoms with E-state index in [1.165, 1.54) is 6.07 Å². The molecule has 0 aliphatic rings. The molecule has 1 rings (SSSR count). The third-order valence-electron chi connectivity index (χ3n) is 1.30. The molecule has 0 aromatic heterocycles. The number of rotatable bonds is 2. The van der Waals surface area contributed by atoms with Crippen LogP contribution < -0.4 is 11.1 Å². The summed E-state index contributed by atoms with van der Waals surface area (Å²) in [5.74, 6) is -0.0307. The fourth-order valence-electron chi connectivity index (χ4n) is 0.742. The van der Waals surface area contributed by atoms with Gasteiger partial charge in [0.2, 0.25) is 6.41 Å². The first-order valence-corrected chi connectivity index (χ1v) is 3.03. The number of nitrogens with one attached hydrogen (secondary N) is 1. The summed E-state index contributed by atoms with van der Waals surface area (Å²) in [4.78, 5) is 9.99. The van der Waals surface area contributed by atoms with E-state index in [1.54, 1.807) is 12.1 Å². The number of aromatic hydroxyl groups is 1. The van der Waals surface area contributed by atoms with Gasteiger partial charge in [-0.15, -0.1) is 0 Å². The predicted octanol–water partition coefficient (Wildman–Crippen LogP) is 0.543. The van der Waals surface area contributed by atoms with E-state index in [2.05, 4.69) is 5.32 Å². The van der Waals surface area contributed by atoms with E-state index in [-0.39, 0.29) is 11.4 Å². The first-order valence-electron chi connectivity index (χ1n) is 3.03. The van der Waals surface area contributed by atoms with Crippen molar-refractivity contribution < 1.29 is 9.90 Å². The van der Waals surface area contributed by atoms with Crippen molar-refractivity contribution in [1.82, 2.24) is 0 Å². The van der Waals surface area contributed by atoms with Crippen LogP contribution in [-0.2, 0) is 4.79 Å². The maximum absolute atomic E-state index is 9.99. The SMILES string of the molecule is Nc1c(O)cccc1NC=O. The molecular formula is C7H8N2O2. The van der Waals surface area contributed by atoms with Crippen LogP contribution in [0.2, 0.25) is 0 Å². The molecule has 0 radical (unpaired) electrons. The van der Waals surface area contributed by atoms with Gasteiger partial charge in [0, 0.05) is 0 Å². The second kappa shape index (κ2) is 2.92. The van der Waals surface area contributed by atoms with Gasteiger partial charge in [-0.05, 0) is 12.1 Å². The third-order valence-corrected chi connectivity index (χ3v) is 1.30. The summed E-state index contributed by atoms with van der Waals surface area (Å²) in [6.45, 7) is 0. The summed E-state index contributed by atoms with van der Waals surface area (Å²) >= 11 is 0. The second-order valence-electron chi connectivity index (χ2n) is 2.00. The van der Waals surface area contributed by atoms with Crippen LogP contribution in [0.4, 0.5) is 11.4 Å². The number of phenolic OH excluding ortho intramolecular Hbond substituents is 1. The molecule has 4 nitrogen and oxygen atoms in total. The molecule has 58 valence electrons. The second-order valence-corrected chi connectivity index (χ2v) is 2.00. The monoisotopic (exact) mass is 152 g/mol. The van der Waals surface area contributed by atoms with Crippen LogP contribution in [0.25, 0.3) is 0 Å². The Morgan fingerprint density at radius 3 is 2.91 bits per heavy atom. The van der Waals surface area contributed by atoms with E-state index in [9.17, 15) is 4.79 Å². The summed E-state index contributed by atoms with van der Waals surface area (Å²) in [5, 5.41) is 11.4. The highest BCUT2D eigenvalue weighted by Gasteiger charge is 2.00. The molecule has 0 bridgehead atoms. The number of hydrogen-bond acceptors (Lipinski definition) is 3. The Morgan fingerprint density at radius 1 is 1.55 bits per heavy atom. The number of phenols is 1. The molecule has 0 aliphatic heterocycles. The lowest BCUT2D eigenvalue weighted by Crippen LogP contribution is -1.98. The van der Waals surface area contributed by atoms with Gasteiger partial charge in [-0.3, -0.25) is 4.79 Å². The highest BCUT2D eigenvalue weighted by Crippen LogP contribution is 2.26. The van der Waals surface area contributed by atoms with Crippen LogP contribution in [0, 0.1) is 0 Å². The van der Waals surface area contributed by atoms with Crippen LogP contribution in [0.5, 0.6) is 5.75 Å². The van der Waals surface area contributed by atoms with Gasteiger partial charge in [-0.1, -0.05) is 6.07 Å². The van der Waals surface area contributed by atoms with E-state index in [1.807, 2.05) is 0 Å². The zero-order valence-electron chi connectivity index (χ0n) is 5.74. The molecule has 0 spiro atoms. The fourth-order valence-corrected chi connectivity index (χ4v) is 0.742. The molecule has 0 saturated heterocycles. The molecule has 0 aliphatic carbocycles. The van der Waals surface area contributed by atoms with Crippen molar-refractivity contribution in [3.63, 3.8) is 0 Å². The number of hydrogen-bond donors (Lipinski definition) is 3. The fraction of sp³-hybridized carbons (Fsp3) is 0. The Balaban J connectivity index is 3.05. The Kier molecular flexibility index (Phi) is 1.96. The standard InChI is InChI=1S/C7H8N2O2/c8-7-5(9-4-10)2-1-3-6(7)11/h1-4,11H,8H2,(H,9,10). The van der Waals surface area contributed by atoms with E-state index in [0.717, 1.165) is 0 Å². The minimum Gasteiger partial charge on any atom is -0.506 e. The van der Waals surface area contributed by atoms with Gasteiger partial charge in [-0.25, -0.2) is 0 Å². The van der Waals surface area contributed by atoms with Crippen molar-refractivity contribution in [3.8, 4) is 5.75 Å². The molecular weight excluding hydrogens is 144 g/mol. The number of amides is 1. The maximum atomic E-state index is 9.99. The van der Waals surface area contributed by atoms with Crippen molar-refractivity contribution in [1.29, 1.82) is 0 Å². The zero-order valence-corrected chi connectivity index (χ0v) is 5.74. The zero-order chi connectivity index (χ0) is 8.27. The van der Waals surface area contributed by atoms with Crippen LogP contribution in [0.1, 0.15) is 0 Å². The molecule has 4 heteroatoms. The van der Waals surface area contributed by atoms with Gasteiger partial charge in [0.25, 0.3) is 0 Å². The molecule has 1 amide bonds. The highest BCUT2D eigenvalue weighted by molar-refractivity contribution is 5.82. The van der Waals surface area contributed by atoms with Crippen LogP contribution >= 0.6 is 0 Å². The third kappa shape index (κ3) is 1.40. The van der Waals surface area contributed by atoms with E-state index in [0.29, 0.717) is 12.1 Å². The molecule has 0 saturated carbocycles. The van der Waals surface area contributed by atoms with Gasteiger partial charge in [0.05, 0.1) is 11.4 Å². The van der Waals surface area contributed by atoms with Crippen molar-refractivity contribution in [2.75, 3.05) is 11.1 Å². The average Bonchev–Trinajstić information content (AvgIpc) is 1.99. The predicted molar refractivity (Wildman–Crippen MR) is 42.2 cm³/mol. The molecule has 0 atom stereocenters. The van der Waals surface area contributed by atoms with Gasteiger partial charge < -0.3 is 16.2 Å². The quantitative estimate of drug-likeness (QED) is 0.329. The molecule has 11 heavy (non-hydrogen) atoms. The molecule has 1 aromatic rings. The van der Waals surface area contributed by atoms with Crippen LogP contribution in [-0.4, -0.2) is 11.5 Å². The highest BCUT2D eigenvalue weighted by atomic mass is 16.3. The molecule has 1 aromatic carbocycles. The summed E-state index contributed by atoms with van der Waals surface area (Å²) in [5.41, 5.74) is 5.99. The largest absolute Gasteiger partial charge is 0.506 e.